The Labute approximate surface area is 160 Å². The number of rotatable bonds is 3. The van der Waals surface area contributed by atoms with Gasteiger partial charge < -0.3 is 34.4 Å². The van der Waals surface area contributed by atoms with E-state index >= 15 is 0 Å². The highest BCUT2D eigenvalue weighted by Gasteiger charge is 2.62. The first-order valence-electron chi connectivity index (χ1n) is 8.56. The molecule has 0 amide bonds. The molecular formula is C18H19N3O7. The first kappa shape index (κ1) is 18.6. The quantitative estimate of drug-likeness (QED) is 0.390. The topological polar surface area (TPSA) is 136 Å². The number of hydrogen-bond donors (Lipinski definition) is 3. The van der Waals surface area contributed by atoms with Crippen LogP contribution in [0.3, 0.4) is 0 Å². The molecule has 0 aliphatic carbocycles. The van der Waals surface area contributed by atoms with E-state index in [9.17, 15) is 10.2 Å². The van der Waals surface area contributed by atoms with Crippen LogP contribution in [-0.2, 0) is 9.47 Å². The van der Waals surface area contributed by atoms with Crippen molar-refractivity contribution in [2.75, 3.05) is 7.11 Å². The van der Waals surface area contributed by atoms with Crippen molar-refractivity contribution in [3.05, 3.63) is 36.2 Å². The summed E-state index contributed by atoms with van der Waals surface area (Å²) in [5.74, 6) is -1.42. The van der Waals surface area contributed by atoms with Crippen molar-refractivity contribution < 1.29 is 34.4 Å². The molecule has 2 aliphatic rings. The minimum absolute atomic E-state index is 0.149. The number of aliphatic hydroxyl groups excluding tert-OH is 2. The van der Waals surface area contributed by atoms with E-state index in [4.69, 9.17) is 24.2 Å². The summed E-state index contributed by atoms with van der Waals surface area (Å²) >= 11 is 0. The van der Waals surface area contributed by atoms with E-state index in [1.165, 1.54) is 13.2 Å². The summed E-state index contributed by atoms with van der Waals surface area (Å²) in [5.41, 5.74) is 1.03. The van der Waals surface area contributed by atoms with Crippen LogP contribution < -0.4 is 9.47 Å². The number of methoxy groups -OCH3 is 1. The Kier molecular flexibility index (Phi) is 4.63. The molecule has 1 saturated heterocycles. The number of ether oxygens (including phenoxy) is 4. The molecule has 10 nitrogen and oxygen atoms in total. The van der Waals surface area contributed by atoms with Crippen LogP contribution in [0.5, 0.6) is 11.5 Å². The van der Waals surface area contributed by atoms with Crippen molar-refractivity contribution in [2.24, 2.45) is 5.16 Å². The predicted molar refractivity (Wildman–Crippen MR) is 94.2 cm³/mol. The lowest BCUT2D eigenvalue weighted by molar-refractivity contribution is -0.389. The van der Waals surface area contributed by atoms with Crippen LogP contribution in [0, 0.1) is 0 Å². The van der Waals surface area contributed by atoms with Gasteiger partial charge in [0.15, 0.2) is 17.6 Å². The molecule has 0 radical (unpaired) electrons. The SMILES string of the molecule is CO[C@@]12Oc3c(cc(/C=N/O)nc3-c3ccccn3)O[C@@H]1O[C@@H](C)[C@H](O)[C@H]2O. The number of aromatic nitrogens is 2. The molecule has 0 bridgehead atoms. The smallest absolute Gasteiger partial charge is 0.302 e. The third-order valence-corrected chi connectivity index (χ3v) is 4.75. The van der Waals surface area contributed by atoms with Crippen LogP contribution in [-0.4, -0.2) is 69.1 Å². The van der Waals surface area contributed by atoms with Crippen LogP contribution >= 0.6 is 0 Å². The van der Waals surface area contributed by atoms with E-state index in [0.717, 1.165) is 6.21 Å². The summed E-state index contributed by atoms with van der Waals surface area (Å²) in [7, 11) is 1.32. The Morgan fingerprint density at radius 1 is 1.32 bits per heavy atom. The van der Waals surface area contributed by atoms with Crippen LogP contribution in [0.4, 0.5) is 0 Å². The zero-order chi connectivity index (χ0) is 19.9. The van der Waals surface area contributed by atoms with Gasteiger partial charge in [-0.15, -0.1) is 0 Å². The molecule has 0 spiro atoms. The molecule has 148 valence electrons. The van der Waals surface area contributed by atoms with Gasteiger partial charge in [0, 0.05) is 19.4 Å². The molecule has 4 heterocycles. The summed E-state index contributed by atoms with van der Waals surface area (Å²) in [6.07, 6.45) is -1.86. The van der Waals surface area contributed by atoms with Crippen molar-refractivity contribution in [1.29, 1.82) is 0 Å². The fourth-order valence-electron chi connectivity index (χ4n) is 3.27. The first-order chi connectivity index (χ1) is 13.5. The fraction of sp³-hybridized carbons (Fsp3) is 0.389. The second-order valence-electron chi connectivity index (χ2n) is 6.44. The van der Waals surface area contributed by atoms with Crippen LogP contribution in [0.25, 0.3) is 11.4 Å². The highest BCUT2D eigenvalue weighted by Crippen LogP contribution is 2.47. The Balaban J connectivity index is 1.88. The maximum Gasteiger partial charge on any atom is 0.302 e. The molecule has 0 saturated carbocycles. The maximum atomic E-state index is 10.7. The third-order valence-electron chi connectivity index (χ3n) is 4.75. The number of aliphatic hydroxyl groups is 2. The monoisotopic (exact) mass is 389 g/mol. The molecule has 1 fully saturated rings. The molecule has 10 heteroatoms. The van der Waals surface area contributed by atoms with Crippen LogP contribution in [0.1, 0.15) is 12.6 Å². The van der Waals surface area contributed by atoms with Crippen molar-refractivity contribution >= 4 is 6.21 Å². The average Bonchev–Trinajstić information content (AvgIpc) is 2.71. The molecule has 2 aromatic heterocycles. The summed E-state index contributed by atoms with van der Waals surface area (Å²) in [5, 5.41) is 32.8. The minimum Gasteiger partial charge on any atom is -0.453 e. The molecule has 2 aromatic rings. The highest BCUT2D eigenvalue weighted by molar-refractivity contribution is 5.81. The largest absolute Gasteiger partial charge is 0.453 e. The maximum absolute atomic E-state index is 10.7. The normalized spacial score (nSPS) is 31.6. The van der Waals surface area contributed by atoms with Crippen molar-refractivity contribution in [1.82, 2.24) is 9.97 Å². The van der Waals surface area contributed by atoms with E-state index in [1.54, 1.807) is 31.3 Å². The van der Waals surface area contributed by atoms with Gasteiger partial charge in [-0.3, -0.25) is 4.98 Å². The molecular weight excluding hydrogens is 370 g/mol. The fourth-order valence-corrected chi connectivity index (χ4v) is 3.27. The molecule has 28 heavy (non-hydrogen) atoms. The Hall–Kier alpha value is -2.79. The Morgan fingerprint density at radius 3 is 2.82 bits per heavy atom. The van der Waals surface area contributed by atoms with Gasteiger partial charge in [-0.25, -0.2) is 4.98 Å². The van der Waals surface area contributed by atoms with Gasteiger partial charge >= 0.3 is 5.79 Å². The van der Waals surface area contributed by atoms with E-state index in [0.29, 0.717) is 11.4 Å². The summed E-state index contributed by atoms with van der Waals surface area (Å²) in [6.45, 7) is 1.60. The molecule has 0 aromatic carbocycles. The average molecular weight is 389 g/mol. The van der Waals surface area contributed by atoms with Gasteiger partial charge in [-0.1, -0.05) is 11.2 Å². The second-order valence-corrected chi connectivity index (χ2v) is 6.44. The lowest BCUT2D eigenvalue weighted by Crippen LogP contribution is -2.71. The number of hydrogen-bond acceptors (Lipinski definition) is 10. The summed E-state index contributed by atoms with van der Waals surface area (Å²) in [6, 6.07) is 6.72. The Bertz CT molecular complexity index is 894. The van der Waals surface area contributed by atoms with E-state index < -0.39 is 30.4 Å². The molecule has 0 unspecified atom stereocenters. The second kappa shape index (κ2) is 6.99. The van der Waals surface area contributed by atoms with Crippen molar-refractivity contribution in [2.45, 2.75) is 37.3 Å². The highest BCUT2D eigenvalue weighted by atomic mass is 16.8. The zero-order valence-corrected chi connectivity index (χ0v) is 15.1. The summed E-state index contributed by atoms with van der Waals surface area (Å²) < 4.78 is 23.1. The molecule has 5 atom stereocenters. The van der Waals surface area contributed by atoms with Crippen LogP contribution in [0.15, 0.2) is 35.6 Å². The molecule has 4 rings (SSSR count). The zero-order valence-electron chi connectivity index (χ0n) is 15.1. The number of pyridine rings is 2. The molecule has 2 aliphatic heterocycles. The van der Waals surface area contributed by atoms with Gasteiger partial charge in [-0.05, 0) is 19.1 Å². The third kappa shape index (κ3) is 2.78. The van der Waals surface area contributed by atoms with Crippen molar-refractivity contribution in [3.63, 3.8) is 0 Å². The van der Waals surface area contributed by atoms with Crippen molar-refractivity contribution in [3.8, 4) is 22.9 Å². The van der Waals surface area contributed by atoms with Gasteiger partial charge in [0.25, 0.3) is 6.29 Å². The predicted octanol–water partition coefficient (Wildman–Crippen LogP) is 0.532. The van der Waals surface area contributed by atoms with Crippen LogP contribution in [0.2, 0.25) is 0 Å². The molecule has 3 N–H and O–H groups in total. The number of oxime groups is 1. The summed E-state index contributed by atoms with van der Waals surface area (Å²) in [4.78, 5) is 8.66. The number of nitrogens with zero attached hydrogens (tertiary/aromatic N) is 3. The van der Waals surface area contributed by atoms with Gasteiger partial charge in [-0.2, -0.15) is 0 Å². The van der Waals surface area contributed by atoms with E-state index in [-0.39, 0.29) is 17.2 Å². The van der Waals surface area contributed by atoms with E-state index in [2.05, 4.69) is 15.1 Å². The van der Waals surface area contributed by atoms with Gasteiger partial charge in [0.2, 0.25) is 0 Å². The van der Waals surface area contributed by atoms with E-state index in [1.807, 2.05) is 0 Å². The van der Waals surface area contributed by atoms with Gasteiger partial charge in [0.1, 0.15) is 11.8 Å². The standard InChI is InChI=1S/C18H19N3O7/c1-9-14(22)16(23)18(25-2)17(26-9)27-12-7-10(8-20-24)21-13(15(12)28-18)11-5-3-4-6-19-11/h3-9,14,16-17,22-24H,1-2H3/b20-8+/t9-,14-,16+,17-,18-/m0/s1. The van der Waals surface area contributed by atoms with Gasteiger partial charge in [0.05, 0.1) is 23.7 Å². The Morgan fingerprint density at radius 2 is 2.14 bits per heavy atom. The first-order valence-corrected chi connectivity index (χ1v) is 8.56. The minimum atomic E-state index is -1.81. The lowest BCUT2D eigenvalue weighted by atomic mass is 9.95. The number of fused-ring (bicyclic) bond motifs is 2. The lowest BCUT2D eigenvalue weighted by Gasteiger charge is -2.50.